The molecule has 0 bridgehead atoms. The van der Waals surface area contributed by atoms with Crippen LogP contribution in [0.1, 0.15) is 21.7 Å². The monoisotopic (exact) mass is 274 g/mol. The fourth-order valence-electron chi connectivity index (χ4n) is 1.80. The van der Waals surface area contributed by atoms with Crippen LogP contribution in [0.3, 0.4) is 0 Å². The summed E-state index contributed by atoms with van der Waals surface area (Å²) in [5.74, 6) is 0.444. The molecular weight excluding hydrogens is 260 g/mol. The van der Waals surface area contributed by atoms with Gasteiger partial charge in [-0.3, -0.25) is 14.9 Å². The number of rotatable bonds is 5. The Balaban J connectivity index is 1.98. The van der Waals surface area contributed by atoms with Crippen LogP contribution in [0.4, 0.5) is 5.69 Å². The minimum Gasteiger partial charge on any atom is -0.469 e. The topological polar surface area (TPSA) is 85.4 Å². The zero-order valence-electron chi connectivity index (χ0n) is 11.0. The number of hydrogen-bond donors (Lipinski definition) is 1. The Morgan fingerprint density at radius 2 is 2.20 bits per heavy atom. The van der Waals surface area contributed by atoms with Gasteiger partial charge in [-0.25, -0.2) is 0 Å². The number of benzene rings is 1. The Kier molecular flexibility index (Phi) is 4.14. The van der Waals surface area contributed by atoms with Gasteiger partial charge >= 0.3 is 0 Å². The summed E-state index contributed by atoms with van der Waals surface area (Å²) in [7, 11) is 0. The summed E-state index contributed by atoms with van der Waals surface area (Å²) in [6, 6.07) is 8.03. The van der Waals surface area contributed by atoms with Gasteiger partial charge < -0.3 is 9.73 Å². The second kappa shape index (κ2) is 6.01. The van der Waals surface area contributed by atoms with Crippen LogP contribution in [0, 0.1) is 17.0 Å². The molecule has 6 nitrogen and oxygen atoms in total. The van der Waals surface area contributed by atoms with Crippen LogP contribution >= 0.6 is 0 Å². The molecule has 1 amide bonds. The quantitative estimate of drug-likeness (QED) is 0.670. The molecule has 1 N–H and O–H groups in total. The SMILES string of the molecule is Cc1ccc(C(=O)NCCc2ccco2)cc1[N+](=O)[O-]. The van der Waals surface area contributed by atoms with E-state index < -0.39 is 4.92 Å². The van der Waals surface area contributed by atoms with Crippen molar-refractivity contribution < 1.29 is 14.1 Å². The molecule has 2 aromatic rings. The summed E-state index contributed by atoms with van der Waals surface area (Å²) in [6.07, 6.45) is 2.15. The molecule has 0 unspecified atom stereocenters. The number of carbonyl (C=O) groups excluding carboxylic acids is 1. The normalized spacial score (nSPS) is 10.2. The minimum atomic E-state index is -0.491. The van der Waals surface area contributed by atoms with Crippen LogP contribution < -0.4 is 5.32 Å². The van der Waals surface area contributed by atoms with Gasteiger partial charge in [0.25, 0.3) is 11.6 Å². The molecule has 1 aromatic heterocycles. The molecule has 0 aliphatic carbocycles. The van der Waals surface area contributed by atoms with Gasteiger partial charge in [0.1, 0.15) is 5.76 Å². The fraction of sp³-hybridized carbons (Fsp3) is 0.214. The number of hydrogen-bond acceptors (Lipinski definition) is 4. The van der Waals surface area contributed by atoms with E-state index in [1.54, 1.807) is 31.4 Å². The zero-order chi connectivity index (χ0) is 14.5. The Labute approximate surface area is 115 Å². The first-order chi connectivity index (χ1) is 9.58. The molecule has 1 aromatic carbocycles. The highest BCUT2D eigenvalue weighted by atomic mass is 16.6. The number of nitrogens with one attached hydrogen (secondary N) is 1. The van der Waals surface area contributed by atoms with E-state index >= 15 is 0 Å². The third-order valence-electron chi connectivity index (χ3n) is 2.91. The molecule has 0 saturated carbocycles. The molecule has 0 aliphatic rings. The minimum absolute atomic E-state index is 0.0521. The average molecular weight is 274 g/mol. The fourth-order valence-corrected chi connectivity index (χ4v) is 1.80. The number of aryl methyl sites for hydroxylation is 1. The van der Waals surface area contributed by atoms with Crippen molar-refractivity contribution in [1.29, 1.82) is 0 Å². The van der Waals surface area contributed by atoms with Crippen molar-refractivity contribution in [2.45, 2.75) is 13.3 Å². The second-order valence-electron chi connectivity index (χ2n) is 4.34. The Morgan fingerprint density at radius 1 is 1.40 bits per heavy atom. The Morgan fingerprint density at radius 3 is 2.85 bits per heavy atom. The second-order valence-corrected chi connectivity index (χ2v) is 4.34. The van der Waals surface area contributed by atoms with Gasteiger partial charge in [0, 0.05) is 30.2 Å². The molecule has 0 aliphatic heterocycles. The van der Waals surface area contributed by atoms with E-state index in [1.807, 2.05) is 6.07 Å². The first-order valence-corrected chi connectivity index (χ1v) is 6.13. The number of nitrogens with zero attached hydrogens (tertiary/aromatic N) is 1. The van der Waals surface area contributed by atoms with Crippen molar-refractivity contribution in [2.24, 2.45) is 0 Å². The van der Waals surface area contributed by atoms with E-state index in [4.69, 9.17) is 4.42 Å². The molecule has 0 atom stereocenters. The van der Waals surface area contributed by atoms with E-state index in [9.17, 15) is 14.9 Å². The van der Waals surface area contributed by atoms with Crippen LogP contribution in [0.25, 0.3) is 0 Å². The molecule has 0 saturated heterocycles. The summed E-state index contributed by atoms with van der Waals surface area (Å²) in [6.45, 7) is 2.05. The number of amides is 1. The van der Waals surface area contributed by atoms with E-state index in [2.05, 4.69) is 5.32 Å². The van der Waals surface area contributed by atoms with Gasteiger partial charge in [-0.1, -0.05) is 6.07 Å². The molecule has 2 rings (SSSR count). The summed E-state index contributed by atoms with van der Waals surface area (Å²) < 4.78 is 5.15. The number of furan rings is 1. The molecule has 6 heteroatoms. The predicted molar refractivity (Wildman–Crippen MR) is 72.6 cm³/mol. The van der Waals surface area contributed by atoms with Crippen LogP contribution in [0.5, 0.6) is 0 Å². The van der Waals surface area contributed by atoms with Gasteiger partial charge in [0.2, 0.25) is 0 Å². The summed E-state index contributed by atoms with van der Waals surface area (Å²) in [5.41, 5.74) is 0.757. The summed E-state index contributed by atoms with van der Waals surface area (Å²) in [4.78, 5) is 22.2. The summed E-state index contributed by atoms with van der Waals surface area (Å²) >= 11 is 0. The lowest BCUT2D eigenvalue weighted by molar-refractivity contribution is -0.385. The third kappa shape index (κ3) is 3.23. The van der Waals surface area contributed by atoms with Crippen LogP contribution in [-0.4, -0.2) is 17.4 Å². The van der Waals surface area contributed by atoms with Crippen molar-refractivity contribution >= 4 is 11.6 Å². The highest BCUT2D eigenvalue weighted by Gasteiger charge is 2.14. The molecule has 0 spiro atoms. The molecule has 0 radical (unpaired) electrons. The lowest BCUT2D eigenvalue weighted by Crippen LogP contribution is -2.25. The van der Waals surface area contributed by atoms with E-state index in [-0.39, 0.29) is 17.2 Å². The van der Waals surface area contributed by atoms with Gasteiger partial charge in [-0.2, -0.15) is 0 Å². The standard InChI is InChI=1S/C14H14N2O4/c1-10-4-5-11(9-13(10)16(18)19)14(17)15-7-6-12-3-2-8-20-12/h2-5,8-9H,6-7H2,1H3,(H,15,17). The van der Waals surface area contributed by atoms with Crippen molar-refractivity contribution in [3.05, 3.63) is 63.6 Å². The molecule has 0 fully saturated rings. The first-order valence-electron chi connectivity index (χ1n) is 6.13. The van der Waals surface area contributed by atoms with Crippen LogP contribution in [0.2, 0.25) is 0 Å². The van der Waals surface area contributed by atoms with Gasteiger partial charge in [0.05, 0.1) is 11.2 Å². The average Bonchev–Trinajstić information content (AvgIpc) is 2.92. The van der Waals surface area contributed by atoms with Crippen LogP contribution in [-0.2, 0) is 6.42 Å². The van der Waals surface area contributed by atoms with Crippen molar-refractivity contribution in [3.8, 4) is 0 Å². The van der Waals surface area contributed by atoms with E-state index in [0.29, 0.717) is 18.5 Å². The summed E-state index contributed by atoms with van der Waals surface area (Å²) in [5, 5.41) is 13.5. The number of carbonyl (C=O) groups is 1. The van der Waals surface area contributed by atoms with Crippen molar-refractivity contribution in [1.82, 2.24) is 5.32 Å². The molecule has 1 heterocycles. The molecular formula is C14H14N2O4. The lowest BCUT2D eigenvalue weighted by Gasteiger charge is -2.05. The van der Waals surface area contributed by atoms with E-state index in [1.165, 1.54) is 6.07 Å². The Hall–Kier alpha value is -2.63. The third-order valence-corrected chi connectivity index (χ3v) is 2.91. The van der Waals surface area contributed by atoms with Crippen LogP contribution in [0.15, 0.2) is 41.0 Å². The van der Waals surface area contributed by atoms with Gasteiger partial charge in [-0.15, -0.1) is 0 Å². The predicted octanol–water partition coefficient (Wildman–Crippen LogP) is 2.47. The van der Waals surface area contributed by atoms with Crippen molar-refractivity contribution in [3.63, 3.8) is 0 Å². The highest BCUT2D eigenvalue weighted by Crippen LogP contribution is 2.19. The van der Waals surface area contributed by atoms with Gasteiger partial charge in [-0.05, 0) is 25.1 Å². The van der Waals surface area contributed by atoms with Crippen molar-refractivity contribution in [2.75, 3.05) is 6.54 Å². The van der Waals surface area contributed by atoms with E-state index in [0.717, 1.165) is 5.76 Å². The molecule has 104 valence electrons. The lowest BCUT2D eigenvalue weighted by atomic mass is 10.1. The largest absolute Gasteiger partial charge is 0.469 e. The highest BCUT2D eigenvalue weighted by molar-refractivity contribution is 5.94. The molecule has 20 heavy (non-hydrogen) atoms. The smallest absolute Gasteiger partial charge is 0.273 e. The maximum absolute atomic E-state index is 11.9. The maximum atomic E-state index is 11.9. The first kappa shape index (κ1) is 13.8. The number of nitro benzene ring substituents is 1. The number of nitro groups is 1. The Bertz CT molecular complexity index is 620. The maximum Gasteiger partial charge on any atom is 0.273 e. The van der Waals surface area contributed by atoms with Gasteiger partial charge in [0.15, 0.2) is 0 Å². The zero-order valence-corrected chi connectivity index (χ0v) is 11.0.